The first-order valence-corrected chi connectivity index (χ1v) is 10.4. The Morgan fingerprint density at radius 2 is 2.13 bits per heavy atom. The van der Waals surface area contributed by atoms with Gasteiger partial charge in [0, 0.05) is 30.3 Å². The van der Waals surface area contributed by atoms with Gasteiger partial charge in [0.15, 0.2) is 10.6 Å². The zero-order valence-corrected chi connectivity index (χ0v) is 18.2. The summed E-state index contributed by atoms with van der Waals surface area (Å²) in [6.07, 6.45) is 1.37. The Morgan fingerprint density at radius 3 is 2.84 bits per heavy atom. The Hall–Kier alpha value is -3.46. The van der Waals surface area contributed by atoms with Crippen LogP contribution in [0.1, 0.15) is 18.4 Å². The predicted octanol–water partition coefficient (Wildman–Crippen LogP) is 3.69. The fourth-order valence-electron chi connectivity index (χ4n) is 3.69. The molecule has 2 N–H and O–H groups in total. The van der Waals surface area contributed by atoms with E-state index in [4.69, 9.17) is 17.0 Å². The van der Waals surface area contributed by atoms with Crippen LogP contribution >= 0.6 is 12.2 Å². The number of benzene rings is 2. The average molecular weight is 438 g/mol. The first kappa shape index (κ1) is 20.8. The minimum Gasteiger partial charge on any atom is -0.494 e. The maximum absolute atomic E-state index is 12.8. The second kappa shape index (κ2) is 8.73. The number of anilines is 2. The summed E-state index contributed by atoms with van der Waals surface area (Å²) in [5.74, 6) is 0.962. The number of aromatic amines is 1. The van der Waals surface area contributed by atoms with E-state index in [2.05, 4.69) is 15.5 Å². The van der Waals surface area contributed by atoms with Crippen molar-refractivity contribution in [2.24, 2.45) is 0 Å². The summed E-state index contributed by atoms with van der Waals surface area (Å²) in [5.41, 5.74) is 3.25. The van der Waals surface area contributed by atoms with E-state index in [0.717, 1.165) is 17.5 Å². The summed E-state index contributed by atoms with van der Waals surface area (Å²) < 4.78 is 7.49. The molecule has 2 amide bonds. The van der Waals surface area contributed by atoms with Gasteiger partial charge in [-0.15, -0.1) is 0 Å². The van der Waals surface area contributed by atoms with Crippen LogP contribution in [0, 0.1) is 11.7 Å². The number of carbonyl (C=O) groups excluding carboxylic acids is 2. The fraction of sp³-hybridized carbons (Fsp3) is 0.273. The standard InChI is InChI=1S/C22H23N5O3S/c1-14-5-3-6-15(11-14)21-24-25-22(31)27(21)13-19(28)23-16-8-9-17(18(12-16)30-2)26-10-4-7-20(26)29/h3,5-6,8-9,11-12H,4,7,10,13H2,1-2H3,(H,23,28)(H,25,31). The van der Waals surface area contributed by atoms with E-state index in [1.807, 2.05) is 31.2 Å². The van der Waals surface area contributed by atoms with Crippen LogP contribution in [0.4, 0.5) is 11.4 Å². The third-order valence-electron chi connectivity index (χ3n) is 5.16. The Morgan fingerprint density at radius 1 is 1.29 bits per heavy atom. The highest BCUT2D eigenvalue weighted by molar-refractivity contribution is 7.71. The monoisotopic (exact) mass is 437 g/mol. The maximum atomic E-state index is 12.8. The van der Waals surface area contributed by atoms with Gasteiger partial charge in [0.1, 0.15) is 12.3 Å². The highest BCUT2D eigenvalue weighted by atomic mass is 32.1. The Labute approximate surface area is 184 Å². The summed E-state index contributed by atoms with van der Waals surface area (Å²) in [4.78, 5) is 26.5. The van der Waals surface area contributed by atoms with Crippen molar-refractivity contribution in [2.45, 2.75) is 26.3 Å². The lowest BCUT2D eigenvalue weighted by Gasteiger charge is -2.19. The maximum Gasteiger partial charge on any atom is 0.244 e. The molecule has 31 heavy (non-hydrogen) atoms. The largest absolute Gasteiger partial charge is 0.494 e. The first-order valence-electron chi connectivity index (χ1n) is 9.97. The van der Waals surface area contributed by atoms with Crippen LogP contribution in [0.15, 0.2) is 42.5 Å². The van der Waals surface area contributed by atoms with Crippen molar-refractivity contribution < 1.29 is 14.3 Å². The second-order valence-electron chi connectivity index (χ2n) is 7.39. The van der Waals surface area contributed by atoms with Gasteiger partial charge in [-0.3, -0.25) is 19.3 Å². The molecule has 9 heteroatoms. The van der Waals surface area contributed by atoms with Gasteiger partial charge >= 0.3 is 0 Å². The number of hydrogen-bond acceptors (Lipinski definition) is 5. The van der Waals surface area contributed by atoms with Crippen LogP contribution in [0.3, 0.4) is 0 Å². The summed E-state index contributed by atoms with van der Waals surface area (Å²) in [7, 11) is 1.55. The fourth-order valence-corrected chi connectivity index (χ4v) is 3.89. The molecule has 0 bridgehead atoms. The average Bonchev–Trinajstić information content (AvgIpc) is 3.33. The van der Waals surface area contributed by atoms with Crippen LogP contribution in [-0.2, 0) is 16.1 Å². The molecule has 1 aliphatic heterocycles. The van der Waals surface area contributed by atoms with Gasteiger partial charge in [-0.1, -0.05) is 23.8 Å². The van der Waals surface area contributed by atoms with E-state index in [-0.39, 0.29) is 18.4 Å². The molecule has 0 spiro atoms. The molecule has 8 nitrogen and oxygen atoms in total. The normalized spacial score (nSPS) is 13.5. The van der Waals surface area contributed by atoms with Crippen molar-refractivity contribution >= 4 is 35.4 Å². The number of nitrogens with zero attached hydrogens (tertiary/aromatic N) is 3. The molecular weight excluding hydrogens is 414 g/mol. The van der Waals surface area contributed by atoms with Crippen LogP contribution in [0.5, 0.6) is 5.75 Å². The van der Waals surface area contributed by atoms with E-state index < -0.39 is 0 Å². The van der Waals surface area contributed by atoms with Gasteiger partial charge in [0.25, 0.3) is 0 Å². The molecule has 0 radical (unpaired) electrons. The molecule has 0 aliphatic carbocycles. The van der Waals surface area contributed by atoms with Gasteiger partial charge in [0.05, 0.1) is 12.8 Å². The summed E-state index contributed by atoms with van der Waals surface area (Å²) in [6, 6.07) is 13.1. The first-order chi connectivity index (χ1) is 15.0. The van der Waals surface area contributed by atoms with E-state index in [9.17, 15) is 9.59 Å². The van der Waals surface area contributed by atoms with E-state index >= 15 is 0 Å². The van der Waals surface area contributed by atoms with Crippen molar-refractivity contribution in [1.82, 2.24) is 14.8 Å². The number of nitrogens with one attached hydrogen (secondary N) is 2. The smallest absolute Gasteiger partial charge is 0.244 e. The van der Waals surface area contributed by atoms with Crippen molar-refractivity contribution in [3.63, 3.8) is 0 Å². The molecule has 0 atom stereocenters. The van der Waals surface area contributed by atoms with Gasteiger partial charge in [0.2, 0.25) is 11.8 Å². The molecular formula is C22H23N5O3S. The Bertz CT molecular complexity index is 1200. The number of aryl methyl sites for hydroxylation is 1. The molecule has 0 unspecified atom stereocenters. The summed E-state index contributed by atoms with van der Waals surface area (Å²) in [5, 5.41) is 9.92. The lowest BCUT2D eigenvalue weighted by molar-refractivity contribution is -0.117. The third-order valence-corrected chi connectivity index (χ3v) is 5.48. The molecule has 2 heterocycles. The minimum atomic E-state index is -0.251. The van der Waals surface area contributed by atoms with Gasteiger partial charge in [-0.2, -0.15) is 5.10 Å². The van der Waals surface area contributed by atoms with E-state index in [1.54, 1.807) is 34.8 Å². The zero-order chi connectivity index (χ0) is 22.0. The quantitative estimate of drug-likeness (QED) is 0.574. The number of amides is 2. The Kier molecular flexibility index (Phi) is 5.85. The lowest BCUT2D eigenvalue weighted by atomic mass is 10.1. The summed E-state index contributed by atoms with van der Waals surface area (Å²) >= 11 is 5.33. The molecule has 2 aromatic carbocycles. The van der Waals surface area contributed by atoms with Crippen LogP contribution in [0.25, 0.3) is 11.4 Å². The third kappa shape index (κ3) is 4.36. The van der Waals surface area contributed by atoms with Gasteiger partial charge in [-0.25, -0.2) is 0 Å². The van der Waals surface area contributed by atoms with E-state index in [0.29, 0.717) is 40.7 Å². The molecule has 1 saturated heterocycles. The highest BCUT2D eigenvalue weighted by Crippen LogP contribution is 2.33. The number of rotatable bonds is 6. The number of ether oxygens (including phenoxy) is 1. The summed E-state index contributed by atoms with van der Waals surface area (Å²) in [6.45, 7) is 2.67. The van der Waals surface area contributed by atoms with Gasteiger partial charge < -0.3 is 15.0 Å². The predicted molar refractivity (Wildman–Crippen MR) is 121 cm³/mol. The molecule has 1 fully saturated rings. The highest BCUT2D eigenvalue weighted by Gasteiger charge is 2.24. The van der Waals surface area contributed by atoms with Crippen molar-refractivity contribution in [1.29, 1.82) is 0 Å². The molecule has 1 aromatic heterocycles. The lowest BCUT2D eigenvalue weighted by Crippen LogP contribution is -2.24. The molecule has 4 rings (SSSR count). The number of carbonyl (C=O) groups is 2. The number of aromatic nitrogens is 3. The van der Waals surface area contributed by atoms with Crippen molar-refractivity contribution in [3.05, 3.63) is 52.8 Å². The van der Waals surface area contributed by atoms with Crippen LogP contribution < -0.4 is 15.0 Å². The van der Waals surface area contributed by atoms with Crippen molar-refractivity contribution in [2.75, 3.05) is 23.9 Å². The minimum absolute atomic E-state index is 0.00723. The van der Waals surface area contributed by atoms with Crippen LogP contribution in [0.2, 0.25) is 0 Å². The SMILES string of the molecule is COc1cc(NC(=O)Cn2c(-c3cccc(C)c3)n[nH]c2=S)ccc1N1CCCC1=O. The number of methoxy groups -OCH3 is 1. The molecule has 1 aliphatic rings. The van der Waals surface area contributed by atoms with Crippen molar-refractivity contribution in [3.8, 4) is 17.1 Å². The van der Waals surface area contributed by atoms with E-state index in [1.165, 1.54) is 0 Å². The molecule has 0 saturated carbocycles. The zero-order valence-electron chi connectivity index (χ0n) is 17.3. The molecule has 160 valence electrons. The van der Waals surface area contributed by atoms with Crippen LogP contribution in [-0.4, -0.2) is 40.2 Å². The molecule has 3 aromatic rings. The van der Waals surface area contributed by atoms with Gasteiger partial charge in [-0.05, 0) is 43.8 Å². The number of H-pyrrole nitrogens is 1. The number of hydrogen-bond donors (Lipinski definition) is 2. The topological polar surface area (TPSA) is 92.2 Å². The second-order valence-corrected chi connectivity index (χ2v) is 7.78. The Balaban J connectivity index is 1.53.